The summed E-state index contributed by atoms with van der Waals surface area (Å²) in [6.07, 6.45) is 7.44. The largest absolute Gasteiger partial charge is 0.316 e. The third-order valence-corrected chi connectivity index (χ3v) is 8.57. The molecule has 2 aromatic heterocycles. The minimum Gasteiger partial charge on any atom is -0.316 e. The summed E-state index contributed by atoms with van der Waals surface area (Å²) >= 11 is 2.96. The number of hydrogen-bond donors (Lipinski definition) is 1. The number of rotatable bonds is 4. The van der Waals surface area contributed by atoms with Crippen molar-refractivity contribution in [3.63, 3.8) is 0 Å². The first kappa shape index (κ1) is 22.3. The third kappa shape index (κ3) is 4.80. The molecule has 1 atom stereocenters. The maximum Gasteiger partial charge on any atom is 0.235 e. The number of fused-ring (bicyclic) bond motifs is 2. The first-order valence-electron chi connectivity index (χ1n) is 11.1. The molecule has 0 radical (unpaired) electrons. The van der Waals surface area contributed by atoms with Gasteiger partial charge in [0.15, 0.2) is 5.16 Å². The van der Waals surface area contributed by atoms with E-state index in [-0.39, 0.29) is 17.1 Å². The summed E-state index contributed by atoms with van der Waals surface area (Å²) in [6, 6.07) is 2.34. The van der Waals surface area contributed by atoms with Crippen molar-refractivity contribution in [1.82, 2.24) is 9.97 Å². The molecule has 2 aromatic rings. The molecule has 0 saturated heterocycles. The average Bonchev–Trinajstić information content (AvgIpc) is 3.07. The van der Waals surface area contributed by atoms with Gasteiger partial charge < -0.3 is 5.32 Å². The smallest absolute Gasteiger partial charge is 0.235 e. The molecule has 0 unspecified atom stereocenters. The minimum absolute atomic E-state index is 0.105. The molecule has 0 spiro atoms. The van der Waals surface area contributed by atoms with Gasteiger partial charge in [0.05, 0.1) is 11.3 Å². The zero-order valence-electron chi connectivity index (χ0n) is 18.8. The van der Waals surface area contributed by atoms with E-state index < -0.39 is 0 Å². The summed E-state index contributed by atoms with van der Waals surface area (Å²) in [5, 5.41) is 14.1. The Morgan fingerprint density at radius 2 is 2.00 bits per heavy atom. The van der Waals surface area contributed by atoms with E-state index in [4.69, 9.17) is 4.98 Å². The Hall–Kier alpha value is -1.91. The van der Waals surface area contributed by atoms with Crippen LogP contribution in [0.1, 0.15) is 73.0 Å². The number of thiophene rings is 1. The molecule has 31 heavy (non-hydrogen) atoms. The zero-order chi connectivity index (χ0) is 22.2. The van der Waals surface area contributed by atoms with Crippen LogP contribution < -0.4 is 5.32 Å². The second-order valence-electron chi connectivity index (χ2n) is 9.69. The lowest BCUT2D eigenvalue weighted by molar-refractivity contribution is -0.113. The van der Waals surface area contributed by atoms with Crippen LogP contribution in [0, 0.1) is 29.6 Å². The molecule has 4 rings (SSSR count). The molecule has 0 saturated carbocycles. The van der Waals surface area contributed by atoms with Crippen molar-refractivity contribution in [3.8, 4) is 6.07 Å². The number of nitrogens with one attached hydrogen (secondary N) is 1. The van der Waals surface area contributed by atoms with E-state index >= 15 is 0 Å². The highest BCUT2D eigenvalue weighted by Crippen LogP contribution is 2.44. The standard InChI is InChI=1S/C24H30N4OS2/c1-14-16-7-5-6-8-19(16)27-23(26-14)30-13-21(29)28-22-18(12-25)17-10-9-15(24(2,3)4)11-20(17)31-22/h15H,5-11,13H2,1-4H3,(H,28,29)/t15-/m0/s1. The molecule has 2 heterocycles. The van der Waals surface area contributed by atoms with Crippen LogP contribution in [0.15, 0.2) is 5.16 Å². The van der Waals surface area contributed by atoms with Crippen LogP contribution in [0.2, 0.25) is 0 Å². The molecular formula is C24H30N4OS2. The van der Waals surface area contributed by atoms with Gasteiger partial charge in [-0.3, -0.25) is 4.79 Å². The average molecular weight is 455 g/mol. The Kier molecular flexibility index (Phi) is 6.41. The van der Waals surface area contributed by atoms with E-state index in [1.54, 1.807) is 11.3 Å². The first-order valence-corrected chi connectivity index (χ1v) is 12.9. The molecule has 1 amide bonds. The van der Waals surface area contributed by atoms with Crippen LogP contribution in [-0.2, 0) is 30.5 Å². The van der Waals surface area contributed by atoms with E-state index in [0.29, 0.717) is 21.6 Å². The summed E-state index contributed by atoms with van der Waals surface area (Å²) in [7, 11) is 0. The van der Waals surface area contributed by atoms with Gasteiger partial charge in [-0.1, -0.05) is 32.5 Å². The van der Waals surface area contributed by atoms with Gasteiger partial charge in [0.25, 0.3) is 0 Å². The lowest BCUT2D eigenvalue weighted by atomic mass is 9.72. The number of carbonyl (C=O) groups excluding carboxylic acids is 1. The third-order valence-electron chi connectivity index (χ3n) is 6.56. The van der Waals surface area contributed by atoms with E-state index in [9.17, 15) is 10.1 Å². The second-order valence-corrected chi connectivity index (χ2v) is 11.7. The highest BCUT2D eigenvalue weighted by Gasteiger charge is 2.32. The van der Waals surface area contributed by atoms with Gasteiger partial charge >= 0.3 is 0 Å². The van der Waals surface area contributed by atoms with Crippen molar-refractivity contribution in [3.05, 3.63) is 33.0 Å². The molecule has 0 aromatic carbocycles. The van der Waals surface area contributed by atoms with Crippen LogP contribution >= 0.6 is 23.1 Å². The highest BCUT2D eigenvalue weighted by atomic mass is 32.2. The summed E-state index contributed by atoms with van der Waals surface area (Å²) < 4.78 is 0. The van der Waals surface area contributed by atoms with Gasteiger partial charge in [-0.15, -0.1) is 11.3 Å². The summed E-state index contributed by atoms with van der Waals surface area (Å²) in [6.45, 7) is 8.89. The number of aryl methyl sites for hydroxylation is 2. The monoisotopic (exact) mass is 454 g/mol. The SMILES string of the molecule is Cc1nc(SCC(=O)Nc2sc3c(c2C#N)CC[C@H](C(C)(C)C)C3)nc2c1CCCC2. The fourth-order valence-electron chi connectivity index (χ4n) is 4.64. The van der Waals surface area contributed by atoms with Crippen molar-refractivity contribution in [2.45, 2.75) is 77.8 Å². The Morgan fingerprint density at radius 1 is 1.23 bits per heavy atom. The summed E-state index contributed by atoms with van der Waals surface area (Å²) in [4.78, 5) is 23.2. The van der Waals surface area contributed by atoms with E-state index in [0.717, 1.165) is 49.1 Å². The highest BCUT2D eigenvalue weighted by molar-refractivity contribution is 7.99. The number of thioether (sulfide) groups is 1. The summed E-state index contributed by atoms with van der Waals surface area (Å²) in [5.74, 6) is 0.746. The Labute approximate surface area is 193 Å². The van der Waals surface area contributed by atoms with Crippen LogP contribution in [-0.4, -0.2) is 21.6 Å². The Balaban J connectivity index is 1.43. The fraction of sp³-hybridized carbons (Fsp3) is 0.583. The van der Waals surface area contributed by atoms with E-state index in [2.05, 4.69) is 37.1 Å². The van der Waals surface area contributed by atoms with Gasteiger partial charge in [0, 0.05) is 16.3 Å². The van der Waals surface area contributed by atoms with Crippen molar-refractivity contribution < 1.29 is 4.79 Å². The number of carbonyl (C=O) groups is 1. The molecule has 0 bridgehead atoms. The number of amides is 1. The lowest BCUT2D eigenvalue weighted by Crippen LogP contribution is -2.26. The van der Waals surface area contributed by atoms with Crippen LogP contribution in [0.4, 0.5) is 5.00 Å². The van der Waals surface area contributed by atoms with Crippen molar-refractivity contribution >= 4 is 34.0 Å². The lowest BCUT2D eigenvalue weighted by Gasteiger charge is -2.33. The molecule has 2 aliphatic carbocycles. The number of nitrogens with zero attached hydrogens (tertiary/aromatic N) is 3. The van der Waals surface area contributed by atoms with Crippen LogP contribution in [0.3, 0.4) is 0 Å². The molecule has 1 N–H and O–H groups in total. The number of anilines is 1. The van der Waals surface area contributed by atoms with Gasteiger partial charge in [-0.05, 0) is 74.3 Å². The Bertz CT molecular complexity index is 1050. The van der Waals surface area contributed by atoms with Gasteiger partial charge in [-0.25, -0.2) is 9.97 Å². The molecule has 2 aliphatic rings. The van der Waals surface area contributed by atoms with Gasteiger partial charge in [0.1, 0.15) is 11.1 Å². The minimum atomic E-state index is -0.105. The number of aromatic nitrogens is 2. The fourth-order valence-corrected chi connectivity index (χ4v) is 6.65. The number of nitriles is 1. The predicted molar refractivity (Wildman–Crippen MR) is 127 cm³/mol. The molecule has 5 nitrogen and oxygen atoms in total. The molecular weight excluding hydrogens is 424 g/mol. The van der Waals surface area contributed by atoms with Crippen molar-refractivity contribution in [1.29, 1.82) is 5.26 Å². The topological polar surface area (TPSA) is 78.7 Å². The van der Waals surface area contributed by atoms with Gasteiger partial charge in [0.2, 0.25) is 5.91 Å². The van der Waals surface area contributed by atoms with Gasteiger partial charge in [-0.2, -0.15) is 5.26 Å². The maximum absolute atomic E-state index is 12.7. The molecule has 0 aliphatic heterocycles. The first-order chi connectivity index (χ1) is 14.8. The van der Waals surface area contributed by atoms with E-state index in [1.165, 1.54) is 35.0 Å². The normalized spacial score (nSPS) is 18.1. The molecule has 7 heteroatoms. The Morgan fingerprint density at radius 3 is 2.74 bits per heavy atom. The van der Waals surface area contributed by atoms with Crippen LogP contribution in [0.25, 0.3) is 0 Å². The van der Waals surface area contributed by atoms with Crippen molar-refractivity contribution in [2.24, 2.45) is 11.3 Å². The summed E-state index contributed by atoms with van der Waals surface area (Å²) in [5.41, 5.74) is 5.53. The maximum atomic E-state index is 12.7. The molecule has 164 valence electrons. The predicted octanol–water partition coefficient (Wildman–Crippen LogP) is 5.48. The van der Waals surface area contributed by atoms with Crippen LogP contribution in [0.5, 0.6) is 0 Å². The second kappa shape index (κ2) is 8.91. The zero-order valence-corrected chi connectivity index (χ0v) is 20.4. The number of hydrogen-bond acceptors (Lipinski definition) is 6. The van der Waals surface area contributed by atoms with Crippen molar-refractivity contribution in [2.75, 3.05) is 11.1 Å². The quantitative estimate of drug-likeness (QED) is 0.489. The van der Waals surface area contributed by atoms with E-state index in [1.807, 2.05) is 6.92 Å². The molecule has 0 fully saturated rings.